The summed E-state index contributed by atoms with van der Waals surface area (Å²) in [5.74, 6) is 0.640. The topological polar surface area (TPSA) is 64.0 Å². The Morgan fingerprint density at radius 1 is 1.38 bits per heavy atom. The quantitative estimate of drug-likeness (QED) is 0.736. The highest BCUT2D eigenvalue weighted by molar-refractivity contribution is 9.10. The van der Waals surface area contributed by atoms with Gasteiger partial charge in [-0.3, -0.25) is 14.2 Å². The number of carbonyl (C=O) groups is 1. The highest BCUT2D eigenvalue weighted by atomic mass is 79.9. The van der Waals surface area contributed by atoms with Crippen LogP contribution in [0.1, 0.15) is 51.9 Å². The fourth-order valence-corrected chi connectivity index (χ4v) is 4.19. The Morgan fingerprint density at radius 2 is 2.23 bits per heavy atom. The first kappa shape index (κ1) is 19.1. The van der Waals surface area contributed by atoms with Crippen molar-refractivity contribution in [2.24, 2.45) is 5.92 Å². The number of nitrogens with zero attached hydrogens (tertiary/aromatic N) is 2. The lowest BCUT2D eigenvalue weighted by Gasteiger charge is -2.21. The van der Waals surface area contributed by atoms with Gasteiger partial charge in [-0.15, -0.1) is 0 Å². The Kier molecular flexibility index (Phi) is 6.46. The largest absolute Gasteiger partial charge is 0.353 e. The van der Waals surface area contributed by atoms with Crippen LogP contribution in [0.3, 0.4) is 0 Å². The van der Waals surface area contributed by atoms with E-state index in [1.807, 2.05) is 12.1 Å². The highest BCUT2D eigenvalue weighted by Crippen LogP contribution is 2.29. The SMILES string of the molecule is CCCCC1CCCC1NC(=O)CCn1cnc2ccc(Br)cc2c1=O. The summed E-state index contributed by atoms with van der Waals surface area (Å²) >= 11 is 3.39. The van der Waals surface area contributed by atoms with Crippen molar-refractivity contribution in [2.75, 3.05) is 0 Å². The van der Waals surface area contributed by atoms with E-state index in [1.165, 1.54) is 43.0 Å². The van der Waals surface area contributed by atoms with E-state index in [9.17, 15) is 9.59 Å². The number of hydrogen-bond acceptors (Lipinski definition) is 3. The summed E-state index contributed by atoms with van der Waals surface area (Å²) in [4.78, 5) is 29.3. The van der Waals surface area contributed by atoms with Crippen LogP contribution in [0.5, 0.6) is 0 Å². The van der Waals surface area contributed by atoms with Crippen molar-refractivity contribution in [1.29, 1.82) is 0 Å². The molecule has 0 radical (unpaired) electrons. The molecule has 0 bridgehead atoms. The molecule has 1 aliphatic carbocycles. The van der Waals surface area contributed by atoms with Crippen LogP contribution in [0, 0.1) is 5.92 Å². The minimum atomic E-state index is -0.106. The first-order chi connectivity index (χ1) is 12.6. The molecule has 1 aromatic carbocycles. The van der Waals surface area contributed by atoms with Gasteiger partial charge >= 0.3 is 0 Å². The first-order valence-electron chi connectivity index (χ1n) is 9.52. The van der Waals surface area contributed by atoms with Crippen molar-refractivity contribution in [3.05, 3.63) is 39.4 Å². The van der Waals surface area contributed by atoms with E-state index in [0.717, 1.165) is 10.9 Å². The van der Waals surface area contributed by atoms with Gasteiger partial charge in [-0.1, -0.05) is 42.1 Å². The van der Waals surface area contributed by atoms with Crippen molar-refractivity contribution in [3.63, 3.8) is 0 Å². The van der Waals surface area contributed by atoms with Crippen LogP contribution >= 0.6 is 15.9 Å². The number of hydrogen-bond donors (Lipinski definition) is 1. The predicted octanol–water partition coefficient (Wildman–Crippen LogP) is 4.02. The molecule has 1 N–H and O–H groups in total. The third-order valence-electron chi connectivity index (χ3n) is 5.30. The molecule has 2 unspecified atom stereocenters. The van der Waals surface area contributed by atoms with Gasteiger partial charge < -0.3 is 5.32 Å². The molecule has 2 aromatic rings. The third kappa shape index (κ3) is 4.53. The molecule has 26 heavy (non-hydrogen) atoms. The Labute approximate surface area is 162 Å². The Morgan fingerprint density at radius 3 is 3.04 bits per heavy atom. The lowest BCUT2D eigenvalue weighted by Crippen LogP contribution is -2.38. The van der Waals surface area contributed by atoms with Gasteiger partial charge in [-0.25, -0.2) is 4.98 Å². The van der Waals surface area contributed by atoms with E-state index in [-0.39, 0.29) is 11.5 Å². The average molecular weight is 420 g/mol. The Balaban J connectivity index is 1.60. The highest BCUT2D eigenvalue weighted by Gasteiger charge is 2.27. The van der Waals surface area contributed by atoms with Crippen LogP contribution in [0.2, 0.25) is 0 Å². The zero-order valence-electron chi connectivity index (χ0n) is 15.2. The second-order valence-electron chi connectivity index (χ2n) is 7.16. The van der Waals surface area contributed by atoms with Crippen molar-refractivity contribution < 1.29 is 4.79 Å². The van der Waals surface area contributed by atoms with E-state index in [1.54, 1.807) is 6.07 Å². The fraction of sp³-hybridized carbons (Fsp3) is 0.550. The lowest BCUT2D eigenvalue weighted by atomic mass is 9.97. The minimum Gasteiger partial charge on any atom is -0.353 e. The molecule has 1 aliphatic rings. The molecular formula is C20H26BrN3O2. The molecule has 5 nitrogen and oxygen atoms in total. The maximum absolute atomic E-state index is 12.6. The summed E-state index contributed by atoms with van der Waals surface area (Å²) in [6, 6.07) is 5.76. The monoisotopic (exact) mass is 419 g/mol. The Bertz CT molecular complexity index is 833. The number of aromatic nitrogens is 2. The van der Waals surface area contributed by atoms with Gasteiger partial charge in [-0.2, -0.15) is 0 Å². The maximum atomic E-state index is 12.6. The summed E-state index contributed by atoms with van der Waals surface area (Å²) in [6.07, 6.45) is 8.95. The number of fused-ring (bicyclic) bond motifs is 1. The number of aryl methyl sites for hydroxylation is 1. The van der Waals surface area contributed by atoms with E-state index < -0.39 is 0 Å². The number of amides is 1. The van der Waals surface area contributed by atoms with Gasteiger partial charge in [0.25, 0.3) is 5.56 Å². The standard InChI is InChI=1S/C20H26BrN3O2/c1-2-3-5-14-6-4-7-17(14)23-19(25)10-11-24-13-22-18-9-8-15(21)12-16(18)20(24)26/h8-9,12-14,17H,2-7,10-11H2,1H3,(H,23,25). The summed E-state index contributed by atoms with van der Waals surface area (Å²) in [6.45, 7) is 2.56. The molecule has 1 aromatic heterocycles. The van der Waals surface area contributed by atoms with Crippen molar-refractivity contribution in [2.45, 2.75) is 64.5 Å². The van der Waals surface area contributed by atoms with Gasteiger partial charge in [0.1, 0.15) is 0 Å². The molecule has 0 aliphatic heterocycles. The van der Waals surface area contributed by atoms with Crippen LogP contribution < -0.4 is 10.9 Å². The molecular weight excluding hydrogens is 394 g/mol. The third-order valence-corrected chi connectivity index (χ3v) is 5.79. The average Bonchev–Trinajstić information content (AvgIpc) is 3.06. The molecule has 0 spiro atoms. The van der Waals surface area contributed by atoms with Crippen LogP contribution in [-0.4, -0.2) is 21.5 Å². The van der Waals surface area contributed by atoms with E-state index in [4.69, 9.17) is 0 Å². The molecule has 1 saturated carbocycles. The van der Waals surface area contributed by atoms with Gasteiger partial charge in [0.05, 0.1) is 17.2 Å². The second kappa shape index (κ2) is 8.80. The first-order valence-corrected chi connectivity index (χ1v) is 10.3. The predicted molar refractivity (Wildman–Crippen MR) is 107 cm³/mol. The van der Waals surface area contributed by atoms with Gasteiger partial charge in [0, 0.05) is 23.5 Å². The summed E-state index contributed by atoms with van der Waals surface area (Å²) in [7, 11) is 0. The lowest BCUT2D eigenvalue weighted by molar-refractivity contribution is -0.122. The summed E-state index contributed by atoms with van der Waals surface area (Å²) < 4.78 is 2.37. The zero-order valence-corrected chi connectivity index (χ0v) is 16.8. The fourth-order valence-electron chi connectivity index (χ4n) is 3.83. The molecule has 140 valence electrons. The van der Waals surface area contributed by atoms with Gasteiger partial charge in [-0.05, 0) is 43.4 Å². The zero-order chi connectivity index (χ0) is 18.5. The maximum Gasteiger partial charge on any atom is 0.261 e. The van der Waals surface area contributed by atoms with Crippen LogP contribution in [-0.2, 0) is 11.3 Å². The number of halogens is 1. The Hall–Kier alpha value is -1.69. The summed E-state index contributed by atoms with van der Waals surface area (Å²) in [5, 5.41) is 3.76. The van der Waals surface area contributed by atoms with E-state index in [2.05, 4.69) is 33.2 Å². The smallest absolute Gasteiger partial charge is 0.261 e. The van der Waals surface area contributed by atoms with Crippen LogP contribution in [0.15, 0.2) is 33.8 Å². The number of benzene rings is 1. The molecule has 2 atom stereocenters. The normalized spacial score (nSPS) is 19.8. The van der Waals surface area contributed by atoms with Crippen molar-refractivity contribution in [3.8, 4) is 0 Å². The van der Waals surface area contributed by atoms with E-state index >= 15 is 0 Å². The molecule has 1 amide bonds. The minimum absolute atomic E-state index is 0.0274. The molecule has 6 heteroatoms. The van der Waals surface area contributed by atoms with Crippen molar-refractivity contribution in [1.82, 2.24) is 14.9 Å². The molecule has 0 saturated heterocycles. The number of nitrogens with one attached hydrogen (secondary N) is 1. The number of carbonyl (C=O) groups excluding carboxylic acids is 1. The number of unbranched alkanes of at least 4 members (excludes halogenated alkanes) is 1. The molecule has 3 rings (SSSR count). The second-order valence-corrected chi connectivity index (χ2v) is 8.08. The van der Waals surface area contributed by atoms with Crippen molar-refractivity contribution >= 4 is 32.7 Å². The number of rotatable bonds is 7. The molecule has 1 heterocycles. The van der Waals surface area contributed by atoms with E-state index in [0.29, 0.717) is 35.8 Å². The summed E-state index contributed by atoms with van der Waals surface area (Å²) in [5.41, 5.74) is 0.564. The van der Waals surface area contributed by atoms with Crippen LogP contribution in [0.25, 0.3) is 10.9 Å². The molecule has 1 fully saturated rings. The van der Waals surface area contributed by atoms with Crippen LogP contribution in [0.4, 0.5) is 0 Å². The van der Waals surface area contributed by atoms with Gasteiger partial charge in [0.2, 0.25) is 5.91 Å². The van der Waals surface area contributed by atoms with Gasteiger partial charge in [0.15, 0.2) is 0 Å².